The Morgan fingerprint density at radius 2 is 2.24 bits per heavy atom. The molecule has 114 valence electrons. The summed E-state index contributed by atoms with van der Waals surface area (Å²) in [6.07, 6.45) is 2.10. The number of aryl methyl sites for hydroxylation is 1. The second-order valence-corrected chi connectivity index (χ2v) is 5.84. The fourth-order valence-corrected chi connectivity index (χ4v) is 2.42. The van der Waals surface area contributed by atoms with Crippen LogP contribution in [0.1, 0.15) is 18.7 Å². The van der Waals surface area contributed by atoms with E-state index in [1.54, 1.807) is 0 Å². The largest absolute Gasteiger partial charge is 0.389 e. The van der Waals surface area contributed by atoms with Crippen LogP contribution in [-0.2, 0) is 18.3 Å². The molecule has 0 spiro atoms. The number of nitrogens with one attached hydrogen (secondary N) is 1. The van der Waals surface area contributed by atoms with Gasteiger partial charge in [0.15, 0.2) is 0 Å². The van der Waals surface area contributed by atoms with Crippen molar-refractivity contribution in [3.8, 4) is 0 Å². The predicted octanol–water partition coefficient (Wildman–Crippen LogP) is 1.45. The molecule has 0 bridgehead atoms. The fourth-order valence-electron chi connectivity index (χ4n) is 2.42. The number of imidazole rings is 1. The van der Waals surface area contributed by atoms with Crippen LogP contribution in [0.25, 0.3) is 11.0 Å². The molecule has 1 aromatic carbocycles. The third-order valence-electron chi connectivity index (χ3n) is 3.90. The zero-order valence-corrected chi connectivity index (χ0v) is 12.5. The third-order valence-corrected chi connectivity index (χ3v) is 3.90. The van der Waals surface area contributed by atoms with Crippen molar-refractivity contribution < 1.29 is 9.84 Å². The Bertz CT molecular complexity index is 592. The van der Waals surface area contributed by atoms with Crippen LogP contribution >= 0.6 is 0 Å². The minimum Gasteiger partial charge on any atom is -0.389 e. The number of aromatic nitrogens is 2. The lowest BCUT2D eigenvalue weighted by molar-refractivity contribution is 0.0323. The highest BCUT2D eigenvalue weighted by Gasteiger charge is 2.21. The van der Waals surface area contributed by atoms with Crippen molar-refractivity contribution in [2.45, 2.75) is 25.5 Å². The maximum Gasteiger partial charge on any atom is 0.123 e. The van der Waals surface area contributed by atoms with Gasteiger partial charge in [-0.1, -0.05) is 12.1 Å². The number of hydrogen-bond acceptors (Lipinski definition) is 4. The molecule has 1 atom stereocenters. The van der Waals surface area contributed by atoms with Crippen LogP contribution < -0.4 is 5.32 Å². The number of benzene rings is 1. The van der Waals surface area contributed by atoms with Crippen LogP contribution in [0.15, 0.2) is 24.3 Å². The number of hydrogen-bond donors (Lipinski definition) is 2. The lowest BCUT2D eigenvalue weighted by Crippen LogP contribution is -2.31. The molecule has 1 unspecified atom stereocenters. The van der Waals surface area contributed by atoms with Gasteiger partial charge in [-0.3, -0.25) is 0 Å². The summed E-state index contributed by atoms with van der Waals surface area (Å²) in [5.74, 6) is 1.72. The highest BCUT2D eigenvalue weighted by Crippen LogP contribution is 2.28. The molecule has 3 rings (SSSR count). The Morgan fingerprint density at radius 1 is 1.43 bits per heavy atom. The molecule has 0 aliphatic heterocycles. The maximum absolute atomic E-state index is 9.85. The summed E-state index contributed by atoms with van der Waals surface area (Å²) in [7, 11) is 2.02. The molecular formula is C16H23N3O2. The number of aliphatic hydroxyl groups is 1. The van der Waals surface area contributed by atoms with Crippen molar-refractivity contribution in [1.29, 1.82) is 0 Å². The molecule has 0 saturated heterocycles. The Labute approximate surface area is 124 Å². The SMILES string of the molecule is Cn1c(CNCC(O)COCC2CC2)nc2ccccc21. The summed E-state index contributed by atoms with van der Waals surface area (Å²) in [4.78, 5) is 4.59. The van der Waals surface area contributed by atoms with Crippen molar-refractivity contribution in [2.75, 3.05) is 19.8 Å². The second-order valence-electron chi connectivity index (χ2n) is 5.84. The molecule has 1 aliphatic rings. The van der Waals surface area contributed by atoms with Crippen LogP contribution in [0.3, 0.4) is 0 Å². The predicted molar refractivity (Wildman–Crippen MR) is 82.0 cm³/mol. The summed E-state index contributed by atoms with van der Waals surface area (Å²) in [5.41, 5.74) is 2.13. The number of aliphatic hydroxyl groups excluding tert-OH is 1. The minimum atomic E-state index is -0.460. The van der Waals surface area contributed by atoms with Gasteiger partial charge in [0.2, 0.25) is 0 Å². The lowest BCUT2D eigenvalue weighted by atomic mass is 10.3. The fraction of sp³-hybridized carbons (Fsp3) is 0.562. The summed E-state index contributed by atoms with van der Waals surface area (Å²) in [6, 6.07) is 8.08. The average molecular weight is 289 g/mol. The van der Waals surface area contributed by atoms with Crippen molar-refractivity contribution in [3.63, 3.8) is 0 Å². The first-order valence-corrected chi connectivity index (χ1v) is 7.61. The molecule has 2 aromatic rings. The van der Waals surface area contributed by atoms with Gasteiger partial charge in [-0.2, -0.15) is 0 Å². The van der Waals surface area contributed by atoms with Crippen LogP contribution in [0.2, 0.25) is 0 Å². The quantitative estimate of drug-likeness (QED) is 0.772. The van der Waals surface area contributed by atoms with Crippen molar-refractivity contribution in [1.82, 2.24) is 14.9 Å². The third kappa shape index (κ3) is 3.81. The summed E-state index contributed by atoms with van der Waals surface area (Å²) in [6.45, 7) is 2.37. The summed E-state index contributed by atoms with van der Waals surface area (Å²) < 4.78 is 7.56. The van der Waals surface area contributed by atoms with E-state index in [0.29, 0.717) is 19.7 Å². The Hall–Kier alpha value is -1.43. The van der Waals surface area contributed by atoms with Gasteiger partial charge in [0.25, 0.3) is 0 Å². The number of ether oxygens (including phenoxy) is 1. The van der Waals surface area contributed by atoms with Gasteiger partial charge in [-0.05, 0) is 30.9 Å². The van der Waals surface area contributed by atoms with Gasteiger partial charge < -0.3 is 19.7 Å². The smallest absolute Gasteiger partial charge is 0.123 e. The van der Waals surface area contributed by atoms with Gasteiger partial charge in [0.05, 0.1) is 30.3 Å². The van der Waals surface area contributed by atoms with E-state index in [9.17, 15) is 5.11 Å². The van der Waals surface area contributed by atoms with E-state index in [-0.39, 0.29) is 0 Å². The van der Waals surface area contributed by atoms with E-state index in [4.69, 9.17) is 4.74 Å². The van der Waals surface area contributed by atoms with Crippen molar-refractivity contribution >= 4 is 11.0 Å². The number of rotatable bonds is 8. The van der Waals surface area contributed by atoms with Crippen LogP contribution in [0.5, 0.6) is 0 Å². The van der Waals surface area contributed by atoms with Crippen LogP contribution in [-0.4, -0.2) is 40.5 Å². The topological polar surface area (TPSA) is 59.3 Å². The summed E-state index contributed by atoms with van der Waals surface area (Å²) >= 11 is 0. The van der Waals surface area contributed by atoms with E-state index < -0.39 is 6.10 Å². The lowest BCUT2D eigenvalue weighted by Gasteiger charge is -2.12. The van der Waals surface area contributed by atoms with E-state index in [2.05, 4.69) is 20.9 Å². The molecule has 0 amide bonds. The first-order valence-electron chi connectivity index (χ1n) is 7.61. The standard InChI is InChI=1S/C16H23N3O2/c1-19-15-5-3-2-4-14(15)18-16(19)9-17-8-13(20)11-21-10-12-6-7-12/h2-5,12-13,17,20H,6-11H2,1H3. The molecule has 1 fully saturated rings. The number of nitrogens with zero attached hydrogens (tertiary/aromatic N) is 2. The molecule has 5 heteroatoms. The minimum absolute atomic E-state index is 0.409. The summed E-state index contributed by atoms with van der Waals surface area (Å²) in [5, 5.41) is 13.1. The average Bonchev–Trinajstić information content (AvgIpc) is 3.25. The Balaban J connectivity index is 1.44. The van der Waals surface area contributed by atoms with E-state index >= 15 is 0 Å². The van der Waals surface area contributed by atoms with Crippen LogP contribution in [0.4, 0.5) is 0 Å². The van der Waals surface area contributed by atoms with E-state index in [0.717, 1.165) is 29.4 Å². The molecule has 2 N–H and O–H groups in total. The van der Waals surface area contributed by atoms with E-state index in [1.807, 2.05) is 25.2 Å². The molecule has 1 heterocycles. The van der Waals surface area contributed by atoms with Crippen molar-refractivity contribution in [3.05, 3.63) is 30.1 Å². The highest BCUT2D eigenvalue weighted by molar-refractivity contribution is 5.75. The first-order chi connectivity index (χ1) is 10.2. The maximum atomic E-state index is 9.85. The molecular weight excluding hydrogens is 266 g/mol. The van der Waals surface area contributed by atoms with Gasteiger partial charge in [-0.25, -0.2) is 4.98 Å². The molecule has 1 saturated carbocycles. The highest BCUT2D eigenvalue weighted by atomic mass is 16.5. The molecule has 0 radical (unpaired) electrons. The van der Waals surface area contributed by atoms with Gasteiger partial charge >= 0.3 is 0 Å². The van der Waals surface area contributed by atoms with E-state index in [1.165, 1.54) is 12.8 Å². The monoisotopic (exact) mass is 289 g/mol. The zero-order valence-electron chi connectivity index (χ0n) is 12.5. The second kappa shape index (κ2) is 6.56. The first kappa shape index (κ1) is 14.5. The zero-order chi connectivity index (χ0) is 14.7. The normalized spacial score (nSPS) is 16.5. The van der Waals surface area contributed by atoms with Gasteiger partial charge in [0, 0.05) is 20.2 Å². The number of fused-ring (bicyclic) bond motifs is 1. The van der Waals surface area contributed by atoms with Gasteiger partial charge in [-0.15, -0.1) is 0 Å². The Kier molecular flexibility index (Phi) is 4.53. The molecule has 21 heavy (non-hydrogen) atoms. The molecule has 1 aromatic heterocycles. The van der Waals surface area contributed by atoms with Gasteiger partial charge in [0.1, 0.15) is 5.82 Å². The van der Waals surface area contributed by atoms with Crippen molar-refractivity contribution in [2.24, 2.45) is 13.0 Å². The number of para-hydroxylation sites is 2. The van der Waals surface area contributed by atoms with Crippen LogP contribution in [0, 0.1) is 5.92 Å². The Morgan fingerprint density at radius 3 is 3.00 bits per heavy atom. The molecule has 5 nitrogen and oxygen atoms in total. The molecule has 1 aliphatic carbocycles.